The van der Waals surface area contributed by atoms with Gasteiger partial charge in [-0.1, -0.05) is 19.3 Å². The molecule has 0 aromatic carbocycles. The summed E-state index contributed by atoms with van der Waals surface area (Å²) in [6, 6.07) is 2.01. The highest BCUT2D eigenvalue weighted by Gasteiger charge is 2.17. The summed E-state index contributed by atoms with van der Waals surface area (Å²) in [6.45, 7) is 4.21. The standard InChI is InChI=1S/C16H28N4O/c1-4-21-12-15-18-14(17-2)10-16(19-15)20(3)11-13-8-6-5-7-9-13/h10,13H,4-9,11-12H2,1-3H3,(H,17,18,19). The fourth-order valence-corrected chi connectivity index (χ4v) is 2.92. The lowest BCUT2D eigenvalue weighted by Gasteiger charge is -2.28. The molecule has 1 aromatic heterocycles. The quantitative estimate of drug-likeness (QED) is 0.837. The summed E-state index contributed by atoms with van der Waals surface area (Å²) >= 11 is 0. The van der Waals surface area contributed by atoms with Crippen LogP contribution in [0.1, 0.15) is 44.9 Å². The van der Waals surface area contributed by atoms with Gasteiger partial charge in [-0.2, -0.15) is 0 Å². The maximum Gasteiger partial charge on any atom is 0.158 e. The van der Waals surface area contributed by atoms with Gasteiger partial charge in [-0.05, 0) is 25.7 Å². The third-order valence-corrected chi connectivity index (χ3v) is 4.10. The smallest absolute Gasteiger partial charge is 0.158 e. The molecule has 21 heavy (non-hydrogen) atoms. The summed E-state index contributed by atoms with van der Waals surface area (Å²) in [5, 5.41) is 3.11. The van der Waals surface area contributed by atoms with E-state index in [9.17, 15) is 0 Å². The van der Waals surface area contributed by atoms with Crippen LogP contribution in [0.2, 0.25) is 0 Å². The van der Waals surface area contributed by atoms with E-state index < -0.39 is 0 Å². The lowest BCUT2D eigenvalue weighted by atomic mass is 9.89. The van der Waals surface area contributed by atoms with Gasteiger partial charge in [0.1, 0.15) is 18.2 Å². The number of nitrogens with zero attached hydrogens (tertiary/aromatic N) is 3. The van der Waals surface area contributed by atoms with Crippen LogP contribution < -0.4 is 10.2 Å². The summed E-state index contributed by atoms with van der Waals surface area (Å²) in [5.41, 5.74) is 0. The Morgan fingerprint density at radius 3 is 2.71 bits per heavy atom. The van der Waals surface area contributed by atoms with Crippen molar-refractivity contribution in [2.24, 2.45) is 5.92 Å². The Labute approximate surface area is 128 Å². The molecule has 0 radical (unpaired) electrons. The number of anilines is 2. The van der Waals surface area contributed by atoms with Gasteiger partial charge in [-0.25, -0.2) is 9.97 Å². The van der Waals surface area contributed by atoms with Crippen molar-refractivity contribution < 1.29 is 4.74 Å². The Morgan fingerprint density at radius 1 is 1.29 bits per heavy atom. The first-order chi connectivity index (χ1) is 10.2. The van der Waals surface area contributed by atoms with Gasteiger partial charge in [-0.15, -0.1) is 0 Å². The molecule has 0 bridgehead atoms. The first-order valence-corrected chi connectivity index (χ1v) is 8.07. The van der Waals surface area contributed by atoms with E-state index in [1.807, 2.05) is 20.0 Å². The van der Waals surface area contributed by atoms with Crippen molar-refractivity contribution in [3.63, 3.8) is 0 Å². The zero-order chi connectivity index (χ0) is 15.1. The fourth-order valence-electron chi connectivity index (χ4n) is 2.92. The SMILES string of the molecule is CCOCc1nc(NC)cc(N(C)CC2CCCCC2)n1. The molecule has 1 aromatic rings. The average Bonchev–Trinajstić information content (AvgIpc) is 2.53. The molecule has 0 atom stereocenters. The summed E-state index contributed by atoms with van der Waals surface area (Å²) in [5.74, 6) is 3.38. The number of nitrogens with one attached hydrogen (secondary N) is 1. The van der Waals surface area contributed by atoms with E-state index in [0.717, 1.165) is 29.9 Å². The molecular formula is C16H28N4O. The van der Waals surface area contributed by atoms with E-state index in [-0.39, 0.29) is 0 Å². The maximum atomic E-state index is 5.43. The van der Waals surface area contributed by atoms with Crippen LogP contribution in [-0.2, 0) is 11.3 Å². The lowest BCUT2D eigenvalue weighted by molar-refractivity contribution is 0.128. The van der Waals surface area contributed by atoms with Crippen LogP contribution in [0.4, 0.5) is 11.6 Å². The van der Waals surface area contributed by atoms with Crippen molar-refractivity contribution in [1.82, 2.24) is 9.97 Å². The monoisotopic (exact) mass is 292 g/mol. The minimum absolute atomic E-state index is 0.469. The molecule has 1 saturated carbocycles. The van der Waals surface area contributed by atoms with E-state index in [0.29, 0.717) is 13.2 Å². The molecule has 0 aliphatic heterocycles. The van der Waals surface area contributed by atoms with Crippen LogP contribution in [0.25, 0.3) is 0 Å². The van der Waals surface area contributed by atoms with Gasteiger partial charge in [-0.3, -0.25) is 0 Å². The molecule has 2 rings (SSSR count). The van der Waals surface area contributed by atoms with Crippen LogP contribution in [0, 0.1) is 5.92 Å². The molecule has 1 heterocycles. The fraction of sp³-hybridized carbons (Fsp3) is 0.750. The van der Waals surface area contributed by atoms with E-state index >= 15 is 0 Å². The van der Waals surface area contributed by atoms with Crippen molar-refractivity contribution in [3.05, 3.63) is 11.9 Å². The molecule has 1 N–H and O–H groups in total. The predicted octanol–water partition coefficient (Wildman–Crippen LogP) is 3.07. The number of hydrogen-bond acceptors (Lipinski definition) is 5. The number of hydrogen-bond donors (Lipinski definition) is 1. The van der Waals surface area contributed by atoms with Gasteiger partial charge in [0.15, 0.2) is 5.82 Å². The summed E-state index contributed by atoms with van der Waals surface area (Å²) in [6.07, 6.45) is 6.84. The highest BCUT2D eigenvalue weighted by molar-refractivity contribution is 5.48. The van der Waals surface area contributed by atoms with Crippen LogP contribution in [0.3, 0.4) is 0 Å². The van der Waals surface area contributed by atoms with E-state index in [1.54, 1.807) is 0 Å². The number of aromatic nitrogens is 2. The normalized spacial score (nSPS) is 16.0. The topological polar surface area (TPSA) is 50.3 Å². The molecular weight excluding hydrogens is 264 g/mol. The Kier molecular flexibility index (Phi) is 6.23. The number of rotatable bonds is 7. The largest absolute Gasteiger partial charge is 0.374 e. The first kappa shape index (κ1) is 16.0. The van der Waals surface area contributed by atoms with E-state index in [2.05, 4.69) is 27.2 Å². The Bertz CT molecular complexity index is 432. The van der Waals surface area contributed by atoms with Crippen molar-refractivity contribution >= 4 is 11.6 Å². The summed E-state index contributed by atoms with van der Waals surface area (Å²) in [4.78, 5) is 11.3. The van der Waals surface area contributed by atoms with Gasteiger partial charge < -0.3 is 15.0 Å². The number of ether oxygens (including phenoxy) is 1. The lowest BCUT2D eigenvalue weighted by Crippen LogP contribution is -2.28. The second kappa shape index (κ2) is 8.17. The first-order valence-electron chi connectivity index (χ1n) is 8.07. The van der Waals surface area contributed by atoms with Gasteiger partial charge in [0.05, 0.1) is 0 Å². The van der Waals surface area contributed by atoms with Crippen LogP contribution in [0.15, 0.2) is 6.07 Å². The summed E-state index contributed by atoms with van der Waals surface area (Å²) in [7, 11) is 4.01. The van der Waals surface area contributed by atoms with E-state index in [4.69, 9.17) is 4.74 Å². The van der Waals surface area contributed by atoms with Gasteiger partial charge >= 0.3 is 0 Å². The second-order valence-electron chi connectivity index (χ2n) is 5.80. The average molecular weight is 292 g/mol. The minimum Gasteiger partial charge on any atom is -0.374 e. The van der Waals surface area contributed by atoms with Crippen molar-refractivity contribution in [2.75, 3.05) is 37.5 Å². The Morgan fingerprint density at radius 2 is 2.05 bits per heavy atom. The predicted molar refractivity (Wildman–Crippen MR) is 86.8 cm³/mol. The van der Waals surface area contributed by atoms with Gasteiger partial charge in [0.25, 0.3) is 0 Å². The van der Waals surface area contributed by atoms with Gasteiger partial charge in [0, 0.05) is 33.3 Å². The molecule has 118 valence electrons. The van der Waals surface area contributed by atoms with Crippen LogP contribution >= 0.6 is 0 Å². The second-order valence-corrected chi connectivity index (χ2v) is 5.80. The molecule has 0 saturated heterocycles. The molecule has 0 unspecified atom stereocenters. The molecule has 5 heteroatoms. The zero-order valence-electron chi connectivity index (χ0n) is 13.6. The molecule has 1 fully saturated rings. The summed E-state index contributed by atoms with van der Waals surface area (Å²) < 4.78 is 5.43. The molecule has 0 spiro atoms. The van der Waals surface area contributed by atoms with Crippen LogP contribution in [0.5, 0.6) is 0 Å². The molecule has 0 amide bonds. The highest BCUT2D eigenvalue weighted by atomic mass is 16.5. The van der Waals surface area contributed by atoms with Gasteiger partial charge in [0.2, 0.25) is 0 Å². The van der Waals surface area contributed by atoms with Crippen molar-refractivity contribution in [2.45, 2.75) is 45.6 Å². The third-order valence-electron chi connectivity index (χ3n) is 4.10. The highest BCUT2D eigenvalue weighted by Crippen LogP contribution is 2.26. The third kappa shape index (κ3) is 4.84. The molecule has 1 aliphatic rings. The maximum absolute atomic E-state index is 5.43. The zero-order valence-corrected chi connectivity index (χ0v) is 13.6. The Balaban J connectivity index is 2.05. The minimum atomic E-state index is 0.469. The van der Waals surface area contributed by atoms with Crippen LogP contribution in [-0.4, -0.2) is 37.2 Å². The van der Waals surface area contributed by atoms with E-state index in [1.165, 1.54) is 32.1 Å². The Hall–Kier alpha value is -1.36. The molecule has 1 aliphatic carbocycles. The van der Waals surface area contributed by atoms with Crippen molar-refractivity contribution in [1.29, 1.82) is 0 Å². The molecule has 5 nitrogen and oxygen atoms in total. The van der Waals surface area contributed by atoms with Crippen molar-refractivity contribution in [3.8, 4) is 0 Å².